The maximum atomic E-state index is 13.5. The Balaban J connectivity index is 1.15. The molecule has 3 N–H and O–H groups in total. The standard InChI is InChI=1S/C32H31N3O5/c36-29(33-27-15-23(27)19-7-3-1-4-8-19)25-17-35(31(38)21-11-13-22(14-12-21)32(39)40)18-26(25)30(37)34-28-16-24(28)20-9-5-2-6-10-20/h1-14,23-28H,15-18H2,(H,33,36)(H,34,37)(H,39,40)/t23-,24-,25-,26-,27+,28?/m1/s1. The molecule has 1 unspecified atom stereocenters. The molecule has 6 atom stereocenters. The molecular weight excluding hydrogens is 506 g/mol. The molecule has 3 aliphatic rings. The molecular formula is C32H31N3O5. The molecule has 1 heterocycles. The van der Waals surface area contributed by atoms with Gasteiger partial charge in [0.1, 0.15) is 0 Å². The van der Waals surface area contributed by atoms with Gasteiger partial charge in [0.15, 0.2) is 0 Å². The van der Waals surface area contributed by atoms with Crippen LogP contribution in [0.3, 0.4) is 0 Å². The highest BCUT2D eigenvalue weighted by atomic mass is 16.4. The highest BCUT2D eigenvalue weighted by Crippen LogP contribution is 2.42. The average molecular weight is 538 g/mol. The molecule has 40 heavy (non-hydrogen) atoms. The molecule has 3 aromatic rings. The minimum Gasteiger partial charge on any atom is -0.478 e. The zero-order chi connectivity index (χ0) is 27.8. The Hall–Kier alpha value is -4.46. The molecule has 204 valence electrons. The summed E-state index contributed by atoms with van der Waals surface area (Å²) in [5.41, 5.74) is 2.76. The predicted octanol–water partition coefficient (Wildman–Crippen LogP) is 3.42. The summed E-state index contributed by atoms with van der Waals surface area (Å²) in [5, 5.41) is 15.4. The number of nitrogens with one attached hydrogen (secondary N) is 2. The summed E-state index contributed by atoms with van der Waals surface area (Å²) in [6.07, 6.45) is 1.69. The van der Waals surface area contributed by atoms with Crippen molar-refractivity contribution in [3.05, 3.63) is 107 Å². The lowest BCUT2D eigenvalue weighted by Crippen LogP contribution is -2.43. The topological polar surface area (TPSA) is 116 Å². The summed E-state index contributed by atoms with van der Waals surface area (Å²) >= 11 is 0. The lowest BCUT2D eigenvalue weighted by Gasteiger charge is -2.18. The normalized spacial score (nSPS) is 26.6. The first-order valence-corrected chi connectivity index (χ1v) is 13.7. The van der Waals surface area contributed by atoms with Crippen LogP contribution in [-0.2, 0) is 9.59 Å². The molecule has 8 nitrogen and oxygen atoms in total. The number of carbonyl (C=O) groups excluding carboxylic acids is 3. The molecule has 3 amide bonds. The fourth-order valence-corrected chi connectivity index (χ4v) is 5.86. The largest absolute Gasteiger partial charge is 0.478 e. The van der Waals surface area contributed by atoms with Gasteiger partial charge in [-0.15, -0.1) is 0 Å². The van der Waals surface area contributed by atoms with Gasteiger partial charge in [-0.2, -0.15) is 0 Å². The number of aromatic carboxylic acids is 1. The molecule has 3 aromatic carbocycles. The second-order valence-electron chi connectivity index (χ2n) is 11.0. The van der Waals surface area contributed by atoms with Crippen molar-refractivity contribution < 1.29 is 24.3 Å². The van der Waals surface area contributed by atoms with E-state index in [2.05, 4.69) is 34.9 Å². The molecule has 0 bridgehead atoms. The maximum absolute atomic E-state index is 13.5. The Labute approximate surface area is 232 Å². The quantitative estimate of drug-likeness (QED) is 0.407. The van der Waals surface area contributed by atoms with E-state index in [0.29, 0.717) is 5.56 Å². The summed E-state index contributed by atoms with van der Waals surface area (Å²) in [6.45, 7) is 0.248. The molecule has 8 heteroatoms. The Morgan fingerprint density at radius 3 is 1.48 bits per heavy atom. The number of amides is 3. The molecule has 2 saturated carbocycles. The van der Waals surface area contributed by atoms with Gasteiger partial charge in [0.05, 0.1) is 17.4 Å². The van der Waals surface area contributed by atoms with Gasteiger partial charge in [0.25, 0.3) is 5.91 Å². The van der Waals surface area contributed by atoms with Crippen LogP contribution in [0.5, 0.6) is 0 Å². The molecule has 0 radical (unpaired) electrons. The highest BCUT2D eigenvalue weighted by molar-refractivity contribution is 5.98. The monoisotopic (exact) mass is 537 g/mol. The minimum absolute atomic E-state index is 0.0119. The molecule has 1 saturated heterocycles. The number of hydrogen-bond donors (Lipinski definition) is 3. The van der Waals surface area contributed by atoms with Gasteiger partial charge < -0.3 is 20.6 Å². The molecule has 0 aromatic heterocycles. The number of carbonyl (C=O) groups is 4. The van der Waals surface area contributed by atoms with Crippen LogP contribution in [0.4, 0.5) is 0 Å². The van der Waals surface area contributed by atoms with E-state index < -0.39 is 17.8 Å². The first-order valence-electron chi connectivity index (χ1n) is 13.7. The van der Waals surface area contributed by atoms with Crippen molar-refractivity contribution in [2.75, 3.05) is 13.1 Å². The first kappa shape index (κ1) is 25.8. The average Bonchev–Trinajstić information content (AvgIpc) is 3.88. The third-order valence-corrected chi connectivity index (χ3v) is 8.35. The van der Waals surface area contributed by atoms with Gasteiger partial charge >= 0.3 is 5.97 Å². The molecule has 6 rings (SSSR count). The number of nitrogens with zero attached hydrogens (tertiary/aromatic N) is 1. The van der Waals surface area contributed by atoms with Crippen LogP contribution >= 0.6 is 0 Å². The number of rotatable bonds is 8. The van der Waals surface area contributed by atoms with Gasteiger partial charge in [-0.25, -0.2) is 4.79 Å². The lowest BCUT2D eigenvalue weighted by molar-refractivity contribution is -0.133. The van der Waals surface area contributed by atoms with Crippen molar-refractivity contribution in [2.45, 2.75) is 36.8 Å². The van der Waals surface area contributed by atoms with Crippen molar-refractivity contribution in [1.29, 1.82) is 0 Å². The minimum atomic E-state index is -1.07. The van der Waals surface area contributed by atoms with Crippen LogP contribution in [-0.4, -0.2) is 58.9 Å². The van der Waals surface area contributed by atoms with E-state index in [1.165, 1.54) is 40.3 Å². The maximum Gasteiger partial charge on any atom is 0.335 e. The Morgan fingerprint density at radius 1 is 0.625 bits per heavy atom. The molecule has 1 aliphatic heterocycles. The number of carboxylic acids is 1. The molecule has 0 spiro atoms. The van der Waals surface area contributed by atoms with E-state index in [9.17, 15) is 24.3 Å². The van der Waals surface area contributed by atoms with Gasteiger partial charge in [-0.3, -0.25) is 14.4 Å². The first-order chi connectivity index (χ1) is 19.4. The van der Waals surface area contributed by atoms with Crippen LogP contribution in [0.25, 0.3) is 0 Å². The van der Waals surface area contributed by atoms with Gasteiger partial charge in [0, 0.05) is 42.6 Å². The van der Waals surface area contributed by atoms with E-state index in [1.54, 1.807) is 0 Å². The summed E-state index contributed by atoms with van der Waals surface area (Å²) < 4.78 is 0. The number of likely N-dealkylation sites (tertiary alicyclic amines) is 1. The summed E-state index contributed by atoms with van der Waals surface area (Å²) in [5.74, 6) is -2.67. The van der Waals surface area contributed by atoms with E-state index >= 15 is 0 Å². The Bertz CT molecular complexity index is 1350. The SMILES string of the molecule is O=C(O)c1ccc(C(=O)N2C[C@@H](C(=O)NC3C[C@@H]3c3ccccc3)[C@H](C(=O)N[C@H]3C[C@@H]3c3ccccc3)C2)cc1. The lowest BCUT2D eigenvalue weighted by atomic mass is 9.94. The van der Waals surface area contributed by atoms with Crippen LogP contribution < -0.4 is 10.6 Å². The molecule has 2 aliphatic carbocycles. The summed E-state index contributed by atoms with van der Waals surface area (Å²) in [6, 6.07) is 25.8. The second kappa shape index (κ2) is 10.6. The number of hydrogen-bond acceptors (Lipinski definition) is 4. The van der Waals surface area contributed by atoms with E-state index in [-0.39, 0.29) is 60.3 Å². The van der Waals surface area contributed by atoms with Crippen molar-refractivity contribution in [3.8, 4) is 0 Å². The third-order valence-electron chi connectivity index (χ3n) is 8.35. The highest BCUT2D eigenvalue weighted by Gasteiger charge is 2.48. The van der Waals surface area contributed by atoms with Crippen molar-refractivity contribution in [3.63, 3.8) is 0 Å². The van der Waals surface area contributed by atoms with Crippen molar-refractivity contribution in [2.24, 2.45) is 11.8 Å². The van der Waals surface area contributed by atoms with Crippen LogP contribution in [0.15, 0.2) is 84.9 Å². The zero-order valence-corrected chi connectivity index (χ0v) is 21.9. The van der Waals surface area contributed by atoms with Crippen molar-refractivity contribution in [1.82, 2.24) is 15.5 Å². The second-order valence-corrected chi connectivity index (χ2v) is 11.0. The van der Waals surface area contributed by atoms with Crippen LogP contribution in [0, 0.1) is 11.8 Å². The fraction of sp³-hybridized carbons (Fsp3) is 0.312. The number of carboxylic acid groups (broad SMARTS) is 1. The molecule has 3 fully saturated rings. The summed E-state index contributed by atoms with van der Waals surface area (Å²) in [4.78, 5) is 53.1. The summed E-state index contributed by atoms with van der Waals surface area (Å²) in [7, 11) is 0. The Kier molecular flexibility index (Phi) is 6.84. The van der Waals surface area contributed by atoms with E-state index in [4.69, 9.17) is 0 Å². The Morgan fingerprint density at radius 2 is 1.05 bits per heavy atom. The van der Waals surface area contributed by atoms with Gasteiger partial charge in [0.2, 0.25) is 11.8 Å². The fourth-order valence-electron chi connectivity index (χ4n) is 5.86. The van der Waals surface area contributed by atoms with Gasteiger partial charge in [-0.1, -0.05) is 60.7 Å². The number of benzene rings is 3. The van der Waals surface area contributed by atoms with E-state index in [0.717, 1.165) is 12.8 Å². The van der Waals surface area contributed by atoms with Gasteiger partial charge in [-0.05, 0) is 48.2 Å². The van der Waals surface area contributed by atoms with Crippen LogP contribution in [0.1, 0.15) is 56.5 Å². The third kappa shape index (κ3) is 5.34. The smallest absolute Gasteiger partial charge is 0.335 e. The predicted molar refractivity (Wildman–Crippen MR) is 148 cm³/mol. The zero-order valence-electron chi connectivity index (χ0n) is 21.9. The van der Waals surface area contributed by atoms with E-state index in [1.807, 2.05) is 36.4 Å². The van der Waals surface area contributed by atoms with Crippen LogP contribution in [0.2, 0.25) is 0 Å². The van der Waals surface area contributed by atoms with Crippen molar-refractivity contribution >= 4 is 23.7 Å².